The molecule has 2 aromatic rings. The molecular formula is C18H15ClFN3O3S. The maximum Gasteiger partial charge on any atom is 0.244 e. The zero-order valence-corrected chi connectivity index (χ0v) is 15.7. The van der Waals surface area contributed by atoms with Crippen LogP contribution in [0.1, 0.15) is 16.7 Å². The molecule has 0 fully saturated rings. The van der Waals surface area contributed by atoms with Crippen molar-refractivity contribution in [3.05, 3.63) is 64.2 Å². The summed E-state index contributed by atoms with van der Waals surface area (Å²) < 4.78 is 38.8. The van der Waals surface area contributed by atoms with Crippen molar-refractivity contribution in [1.82, 2.24) is 10.3 Å². The lowest BCUT2D eigenvalue weighted by Crippen LogP contribution is -2.20. The van der Waals surface area contributed by atoms with Crippen LogP contribution in [0.15, 0.2) is 36.5 Å². The van der Waals surface area contributed by atoms with Crippen LogP contribution in [0.2, 0.25) is 5.15 Å². The first-order valence-corrected chi connectivity index (χ1v) is 9.79. The second kappa shape index (κ2) is 8.66. The molecule has 0 bridgehead atoms. The number of carbonyl (C=O) groups excluding carboxylic acids is 1. The average molecular weight is 408 g/mol. The highest BCUT2D eigenvalue weighted by atomic mass is 35.5. The first-order valence-electron chi connectivity index (χ1n) is 7.52. The molecule has 2 N–H and O–H groups in total. The number of sulfonamides is 1. The number of anilines is 1. The van der Waals surface area contributed by atoms with E-state index in [1.807, 2.05) is 4.72 Å². The first-order chi connectivity index (χ1) is 12.7. The third-order valence-corrected chi connectivity index (χ3v) is 4.04. The summed E-state index contributed by atoms with van der Waals surface area (Å²) in [6, 6.07) is 5.81. The number of carbonyl (C=O) groups is 1. The molecule has 0 radical (unpaired) electrons. The van der Waals surface area contributed by atoms with Crippen molar-refractivity contribution in [2.24, 2.45) is 0 Å². The summed E-state index contributed by atoms with van der Waals surface area (Å²) in [7, 11) is -3.69. The van der Waals surface area contributed by atoms with E-state index in [1.165, 1.54) is 18.3 Å². The van der Waals surface area contributed by atoms with E-state index < -0.39 is 21.7 Å². The fourth-order valence-corrected chi connectivity index (χ4v) is 2.76. The van der Waals surface area contributed by atoms with Gasteiger partial charge in [-0.2, -0.15) is 0 Å². The van der Waals surface area contributed by atoms with Gasteiger partial charge in [-0.1, -0.05) is 23.6 Å². The highest BCUT2D eigenvalue weighted by Gasteiger charge is 2.14. The fraction of sp³-hybridized carbons (Fsp3) is 0.111. The van der Waals surface area contributed by atoms with E-state index in [-0.39, 0.29) is 17.8 Å². The minimum Gasteiger partial charge on any atom is -0.348 e. The Kier molecular flexibility index (Phi) is 6.55. The molecule has 140 valence electrons. The maximum atomic E-state index is 14.2. The molecule has 2 rings (SSSR count). The summed E-state index contributed by atoms with van der Waals surface area (Å²) >= 11 is 5.68. The van der Waals surface area contributed by atoms with Gasteiger partial charge in [-0.3, -0.25) is 9.52 Å². The maximum absolute atomic E-state index is 14.2. The monoisotopic (exact) mass is 407 g/mol. The van der Waals surface area contributed by atoms with Crippen molar-refractivity contribution in [3.63, 3.8) is 0 Å². The summed E-state index contributed by atoms with van der Waals surface area (Å²) in [6.45, 7) is 0.00674. The normalized spacial score (nSPS) is 11.2. The van der Waals surface area contributed by atoms with E-state index in [1.54, 1.807) is 18.2 Å². The van der Waals surface area contributed by atoms with Crippen LogP contribution in [0.3, 0.4) is 0 Å². The predicted molar refractivity (Wildman–Crippen MR) is 103 cm³/mol. The van der Waals surface area contributed by atoms with Gasteiger partial charge >= 0.3 is 0 Å². The molecule has 27 heavy (non-hydrogen) atoms. The molecule has 0 saturated heterocycles. The Labute approximate surface area is 161 Å². The van der Waals surface area contributed by atoms with Gasteiger partial charge in [-0.25, -0.2) is 17.8 Å². The van der Waals surface area contributed by atoms with Gasteiger partial charge in [-0.05, 0) is 35.4 Å². The standard InChI is InChI=1S/C18H15ClFN3O3S/c1-3-14-8-13(9-15(20)18(14)23-27(2,25)26)11-22-17(24)7-5-12-4-6-16(19)21-10-12/h1,4-10,23H,11H2,2H3,(H,22,24)/b7-5+. The Morgan fingerprint density at radius 3 is 2.74 bits per heavy atom. The second-order valence-corrected chi connectivity index (χ2v) is 7.62. The zero-order chi connectivity index (χ0) is 20.0. The quantitative estimate of drug-likeness (QED) is 0.437. The molecule has 1 heterocycles. The van der Waals surface area contributed by atoms with Gasteiger partial charge in [0.1, 0.15) is 11.0 Å². The van der Waals surface area contributed by atoms with Gasteiger partial charge in [0.05, 0.1) is 17.5 Å². The van der Waals surface area contributed by atoms with E-state index in [2.05, 4.69) is 16.2 Å². The molecule has 0 aliphatic heterocycles. The number of halogens is 2. The molecule has 1 aromatic carbocycles. The highest BCUT2D eigenvalue weighted by Crippen LogP contribution is 2.22. The van der Waals surface area contributed by atoms with Crippen molar-refractivity contribution in [3.8, 4) is 12.3 Å². The van der Waals surface area contributed by atoms with E-state index in [0.717, 1.165) is 12.3 Å². The Morgan fingerprint density at radius 1 is 1.41 bits per heavy atom. The van der Waals surface area contributed by atoms with E-state index in [0.29, 0.717) is 16.3 Å². The number of nitrogens with zero attached hydrogens (tertiary/aromatic N) is 1. The van der Waals surface area contributed by atoms with Crippen LogP contribution >= 0.6 is 11.6 Å². The van der Waals surface area contributed by atoms with Crippen molar-refractivity contribution in [1.29, 1.82) is 0 Å². The lowest BCUT2D eigenvalue weighted by molar-refractivity contribution is -0.116. The number of benzene rings is 1. The van der Waals surface area contributed by atoms with Crippen LogP contribution in [-0.2, 0) is 21.4 Å². The van der Waals surface area contributed by atoms with Crippen molar-refractivity contribution < 1.29 is 17.6 Å². The molecule has 0 spiro atoms. The molecule has 0 aliphatic rings. The van der Waals surface area contributed by atoms with Crippen LogP contribution in [0.5, 0.6) is 0 Å². The van der Waals surface area contributed by atoms with Crippen LogP contribution in [0.4, 0.5) is 10.1 Å². The number of amides is 1. The lowest BCUT2D eigenvalue weighted by Gasteiger charge is -2.11. The number of terminal acetylenes is 1. The average Bonchev–Trinajstić information content (AvgIpc) is 2.60. The minimum atomic E-state index is -3.69. The molecule has 6 nitrogen and oxygen atoms in total. The molecule has 1 amide bonds. The Morgan fingerprint density at radius 2 is 2.15 bits per heavy atom. The molecule has 0 saturated carbocycles. The number of aromatic nitrogens is 1. The molecule has 0 unspecified atom stereocenters. The summed E-state index contributed by atoms with van der Waals surface area (Å²) in [5, 5.41) is 2.92. The van der Waals surface area contributed by atoms with Crippen LogP contribution in [0, 0.1) is 18.2 Å². The van der Waals surface area contributed by atoms with E-state index in [4.69, 9.17) is 18.0 Å². The van der Waals surface area contributed by atoms with Crippen LogP contribution in [-0.4, -0.2) is 25.6 Å². The Balaban J connectivity index is 2.07. The number of nitrogens with one attached hydrogen (secondary N) is 2. The smallest absolute Gasteiger partial charge is 0.244 e. The van der Waals surface area contributed by atoms with Gasteiger partial charge in [0, 0.05) is 18.8 Å². The van der Waals surface area contributed by atoms with Crippen molar-refractivity contribution >= 4 is 39.3 Å². The molecular weight excluding hydrogens is 393 g/mol. The molecule has 0 aliphatic carbocycles. The third kappa shape index (κ3) is 6.40. The van der Waals surface area contributed by atoms with Gasteiger partial charge in [-0.15, -0.1) is 6.42 Å². The summed E-state index contributed by atoms with van der Waals surface area (Å²) in [5.41, 5.74) is 0.804. The summed E-state index contributed by atoms with van der Waals surface area (Å²) in [5.74, 6) is 0.985. The fourth-order valence-electron chi connectivity index (χ4n) is 2.07. The molecule has 0 atom stereocenters. The SMILES string of the molecule is C#Cc1cc(CNC(=O)/C=C/c2ccc(Cl)nc2)cc(F)c1NS(C)(=O)=O. The third-order valence-electron chi connectivity index (χ3n) is 3.24. The number of hydrogen-bond acceptors (Lipinski definition) is 4. The lowest BCUT2D eigenvalue weighted by atomic mass is 10.1. The number of pyridine rings is 1. The van der Waals surface area contributed by atoms with Gasteiger partial charge in [0.15, 0.2) is 0 Å². The predicted octanol–water partition coefficient (Wildman–Crippen LogP) is 2.56. The Bertz CT molecular complexity index is 1030. The Hall–Kier alpha value is -2.89. The van der Waals surface area contributed by atoms with Gasteiger partial charge < -0.3 is 5.32 Å². The minimum absolute atomic E-state index is 0.00674. The van der Waals surface area contributed by atoms with E-state index >= 15 is 0 Å². The van der Waals surface area contributed by atoms with Gasteiger partial charge in [0.2, 0.25) is 15.9 Å². The van der Waals surface area contributed by atoms with Crippen molar-refractivity contribution in [2.45, 2.75) is 6.54 Å². The largest absolute Gasteiger partial charge is 0.348 e. The number of rotatable bonds is 6. The van der Waals surface area contributed by atoms with Gasteiger partial charge in [0.25, 0.3) is 0 Å². The zero-order valence-electron chi connectivity index (χ0n) is 14.2. The highest BCUT2D eigenvalue weighted by molar-refractivity contribution is 7.92. The van der Waals surface area contributed by atoms with Crippen LogP contribution in [0.25, 0.3) is 6.08 Å². The van der Waals surface area contributed by atoms with E-state index in [9.17, 15) is 17.6 Å². The summed E-state index contributed by atoms with van der Waals surface area (Å²) in [6.07, 6.45) is 10.6. The van der Waals surface area contributed by atoms with Crippen molar-refractivity contribution in [2.75, 3.05) is 11.0 Å². The summed E-state index contributed by atoms with van der Waals surface area (Å²) in [4.78, 5) is 15.8. The molecule has 1 aromatic heterocycles. The first kappa shape index (κ1) is 20.4. The second-order valence-electron chi connectivity index (χ2n) is 5.48. The van der Waals surface area contributed by atoms with Crippen LogP contribution < -0.4 is 10.0 Å². The topological polar surface area (TPSA) is 88.2 Å². The molecule has 9 heteroatoms. The number of hydrogen-bond donors (Lipinski definition) is 2.